The van der Waals surface area contributed by atoms with Crippen LogP contribution in [0.5, 0.6) is 5.75 Å². The molecule has 0 bridgehead atoms. The van der Waals surface area contributed by atoms with Gasteiger partial charge in [-0.25, -0.2) is 0 Å². The average Bonchev–Trinajstić information content (AvgIpc) is 2.86. The Bertz CT molecular complexity index is 554. The van der Waals surface area contributed by atoms with Crippen molar-refractivity contribution >= 4 is 0 Å². The first kappa shape index (κ1) is 14.5. The summed E-state index contributed by atoms with van der Waals surface area (Å²) in [5.41, 5.74) is 7.40. The Morgan fingerprint density at radius 1 is 1.25 bits per heavy atom. The van der Waals surface area contributed by atoms with Crippen LogP contribution in [-0.2, 0) is 19.4 Å². The fraction of sp³-hybridized carbons (Fsp3) is 0.500. The lowest BCUT2D eigenvalue weighted by molar-refractivity contribution is 0.281. The maximum atomic E-state index is 5.72. The second-order valence-electron chi connectivity index (χ2n) is 4.58. The number of aromatic nitrogens is 3. The molecule has 0 aliphatic heterocycles. The highest BCUT2D eigenvalue weighted by Gasteiger charge is 2.09. The molecule has 0 saturated heterocycles. The van der Waals surface area contributed by atoms with Crippen LogP contribution in [0.15, 0.2) is 16.7 Å². The van der Waals surface area contributed by atoms with Crippen molar-refractivity contribution in [3.05, 3.63) is 35.2 Å². The molecule has 0 spiro atoms. The molecule has 0 saturated carbocycles. The van der Waals surface area contributed by atoms with Crippen LogP contribution in [0.1, 0.15) is 36.4 Å². The van der Waals surface area contributed by atoms with Crippen LogP contribution in [0, 0.1) is 6.92 Å². The van der Waals surface area contributed by atoms with Crippen LogP contribution in [-0.4, -0.2) is 21.7 Å². The molecule has 6 heteroatoms. The number of pyridine rings is 1. The minimum absolute atomic E-state index is 0.273. The van der Waals surface area contributed by atoms with Gasteiger partial charge in [0.15, 0.2) is 6.61 Å². The van der Waals surface area contributed by atoms with Gasteiger partial charge in [-0.05, 0) is 32.0 Å². The van der Waals surface area contributed by atoms with Crippen molar-refractivity contribution in [2.75, 3.05) is 6.54 Å². The number of nitrogens with zero attached hydrogens (tertiary/aromatic N) is 3. The van der Waals surface area contributed by atoms with E-state index in [1.165, 1.54) is 0 Å². The van der Waals surface area contributed by atoms with Crippen LogP contribution >= 0.6 is 0 Å². The molecule has 0 aromatic carbocycles. The summed E-state index contributed by atoms with van der Waals surface area (Å²) in [5.74, 6) is 1.92. The molecule has 6 nitrogen and oxygen atoms in total. The zero-order valence-electron chi connectivity index (χ0n) is 11.9. The lowest BCUT2D eigenvalue weighted by Crippen LogP contribution is -2.08. The molecule has 2 rings (SSSR count). The van der Waals surface area contributed by atoms with Crippen LogP contribution in [0.2, 0.25) is 0 Å². The Labute approximate surface area is 118 Å². The second-order valence-corrected chi connectivity index (χ2v) is 4.58. The van der Waals surface area contributed by atoms with Gasteiger partial charge >= 0.3 is 0 Å². The van der Waals surface area contributed by atoms with Gasteiger partial charge in [0, 0.05) is 18.5 Å². The van der Waals surface area contributed by atoms with Crippen molar-refractivity contribution in [1.82, 2.24) is 15.1 Å². The molecule has 2 aromatic heterocycles. The topological polar surface area (TPSA) is 87.1 Å². The Morgan fingerprint density at radius 3 is 2.85 bits per heavy atom. The summed E-state index contributed by atoms with van der Waals surface area (Å²) >= 11 is 0. The van der Waals surface area contributed by atoms with Gasteiger partial charge in [-0.2, -0.15) is 4.98 Å². The van der Waals surface area contributed by atoms with Gasteiger partial charge in [-0.15, -0.1) is 0 Å². The first-order valence-electron chi connectivity index (χ1n) is 6.83. The smallest absolute Gasteiger partial charge is 0.226 e. The second kappa shape index (κ2) is 7.00. The molecule has 0 radical (unpaired) electrons. The van der Waals surface area contributed by atoms with Crippen LogP contribution in [0.4, 0.5) is 0 Å². The number of hydrogen-bond donors (Lipinski definition) is 1. The normalized spacial score (nSPS) is 10.8. The summed E-state index contributed by atoms with van der Waals surface area (Å²) in [6.45, 7) is 4.82. The minimum atomic E-state index is 0.273. The lowest BCUT2D eigenvalue weighted by atomic mass is 10.2. The van der Waals surface area contributed by atoms with E-state index in [1.807, 2.05) is 19.1 Å². The molecule has 2 aromatic rings. The summed E-state index contributed by atoms with van der Waals surface area (Å²) in [6, 6.07) is 3.81. The Morgan fingerprint density at radius 2 is 2.10 bits per heavy atom. The highest BCUT2D eigenvalue weighted by molar-refractivity contribution is 5.29. The molecule has 2 heterocycles. The molecule has 0 unspecified atom stereocenters. The van der Waals surface area contributed by atoms with Gasteiger partial charge in [-0.3, -0.25) is 4.98 Å². The molecule has 0 fully saturated rings. The molecule has 108 valence electrons. The van der Waals surface area contributed by atoms with Crippen LogP contribution in [0.3, 0.4) is 0 Å². The van der Waals surface area contributed by atoms with Gasteiger partial charge < -0.3 is 15.0 Å². The highest BCUT2D eigenvalue weighted by Crippen LogP contribution is 2.18. The third kappa shape index (κ3) is 3.77. The summed E-state index contributed by atoms with van der Waals surface area (Å²) in [6.07, 6.45) is 2.45. The molecular weight excluding hydrogens is 256 g/mol. The first-order chi connectivity index (χ1) is 9.72. The van der Waals surface area contributed by atoms with Gasteiger partial charge in [-0.1, -0.05) is 12.1 Å². The van der Waals surface area contributed by atoms with E-state index in [-0.39, 0.29) is 6.61 Å². The summed E-state index contributed by atoms with van der Waals surface area (Å²) in [7, 11) is 0. The Balaban J connectivity index is 2.02. The van der Waals surface area contributed by atoms with Gasteiger partial charge in [0.1, 0.15) is 5.75 Å². The quantitative estimate of drug-likeness (QED) is 0.829. The van der Waals surface area contributed by atoms with E-state index >= 15 is 0 Å². The number of nitrogens with two attached hydrogens (primary N) is 1. The maximum absolute atomic E-state index is 5.72. The molecular formula is C14H20N4O2. The van der Waals surface area contributed by atoms with Crippen LogP contribution in [0.25, 0.3) is 0 Å². The number of aryl methyl sites for hydroxylation is 2. The summed E-state index contributed by atoms with van der Waals surface area (Å²) in [5, 5.41) is 3.89. The average molecular weight is 276 g/mol. The van der Waals surface area contributed by atoms with Crippen molar-refractivity contribution in [2.45, 2.75) is 39.7 Å². The molecule has 20 heavy (non-hydrogen) atoms. The van der Waals surface area contributed by atoms with E-state index in [4.69, 9.17) is 15.0 Å². The molecule has 2 N–H and O–H groups in total. The van der Waals surface area contributed by atoms with E-state index in [9.17, 15) is 0 Å². The molecule has 0 amide bonds. The summed E-state index contributed by atoms with van der Waals surface area (Å²) < 4.78 is 10.8. The van der Waals surface area contributed by atoms with Crippen molar-refractivity contribution in [3.63, 3.8) is 0 Å². The third-order valence-electron chi connectivity index (χ3n) is 2.78. The lowest BCUT2D eigenvalue weighted by Gasteiger charge is -2.09. The monoisotopic (exact) mass is 276 g/mol. The Hall–Kier alpha value is -1.95. The number of hydrogen-bond acceptors (Lipinski definition) is 6. The highest BCUT2D eigenvalue weighted by atomic mass is 16.5. The predicted octanol–water partition coefficient (Wildman–Crippen LogP) is 1.81. The van der Waals surface area contributed by atoms with E-state index in [0.29, 0.717) is 24.7 Å². The first-order valence-corrected chi connectivity index (χ1v) is 6.83. The number of ether oxygens (including phenoxy) is 1. The standard InChI is InChI=1S/C14H20N4O2/c1-3-4-14-17-13(18-20-14)9-19-12-6-5-10(2)16-11(12)7-8-15/h5-6H,3-4,7-9,15H2,1-2H3. The van der Waals surface area contributed by atoms with Gasteiger partial charge in [0.05, 0.1) is 5.69 Å². The van der Waals surface area contributed by atoms with E-state index in [0.717, 1.165) is 30.0 Å². The fourth-order valence-electron chi connectivity index (χ4n) is 1.85. The van der Waals surface area contributed by atoms with Crippen LogP contribution < -0.4 is 10.5 Å². The van der Waals surface area contributed by atoms with Crippen molar-refractivity contribution < 1.29 is 9.26 Å². The zero-order valence-corrected chi connectivity index (χ0v) is 11.9. The van der Waals surface area contributed by atoms with Gasteiger partial charge in [0.25, 0.3) is 0 Å². The van der Waals surface area contributed by atoms with Crippen molar-refractivity contribution in [1.29, 1.82) is 0 Å². The van der Waals surface area contributed by atoms with E-state index < -0.39 is 0 Å². The van der Waals surface area contributed by atoms with Crippen molar-refractivity contribution in [2.24, 2.45) is 5.73 Å². The largest absolute Gasteiger partial charge is 0.484 e. The van der Waals surface area contributed by atoms with E-state index in [2.05, 4.69) is 22.0 Å². The van der Waals surface area contributed by atoms with E-state index in [1.54, 1.807) is 0 Å². The third-order valence-corrected chi connectivity index (χ3v) is 2.78. The molecule has 0 aliphatic carbocycles. The summed E-state index contributed by atoms with van der Waals surface area (Å²) in [4.78, 5) is 8.70. The minimum Gasteiger partial charge on any atom is -0.484 e. The molecule has 0 aliphatic rings. The fourth-order valence-corrected chi connectivity index (χ4v) is 1.85. The van der Waals surface area contributed by atoms with Crippen molar-refractivity contribution in [3.8, 4) is 5.75 Å². The number of rotatable bonds is 7. The maximum Gasteiger partial charge on any atom is 0.226 e. The Kier molecular flexibility index (Phi) is 5.06. The van der Waals surface area contributed by atoms with Gasteiger partial charge in [0.2, 0.25) is 11.7 Å². The zero-order chi connectivity index (χ0) is 14.4. The SMILES string of the molecule is CCCc1nc(COc2ccc(C)nc2CCN)no1. The molecule has 0 atom stereocenters. The predicted molar refractivity (Wildman–Crippen MR) is 74.4 cm³/mol.